The highest BCUT2D eigenvalue weighted by Crippen LogP contribution is 2.41. The lowest BCUT2D eigenvalue weighted by Crippen LogP contribution is -2.27. The van der Waals surface area contributed by atoms with Gasteiger partial charge < -0.3 is 14.2 Å². The zero-order chi connectivity index (χ0) is 18.7. The monoisotopic (exact) mass is 387 g/mol. The number of ether oxygens (including phenoxy) is 3. The molecule has 0 aliphatic carbocycles. The predicted octanol–water partition coefficient (Wildman–Crippen LogP) is 4.12. The Morgan fingerprint density at radius 1 is 0.962 bits per heavy atom. The molecule has 0 aromatic heterocycles. The average molecular weight is 387 g/mol. The van der Waals surface area contributed by atoms with Crippen molar-refractivity contribution in [3.63, 3.8) is 0 Å². The number of carbonyl (C=O) groups is 1. The Labute approximate surface area is 161 Å². The summed E-state index contributed by atoms with van der Waals surface area (Å²) in [4.78, 5) is 15.0. The predicted molar refractivity (Wildman–Crippen MR) is 108 cm³/mol. The second-order valence-electron chi connectivity index (χ2n) is 5.27. The SMILES string of the molecule is COc1ccccc1N1C(=O)C(=Cc2cccc(OC)c2OC)SC1=S. The van der Waals surface area contributed by atoms with Crippen LogP contribution in [0.5, 0.6) is 17.2 Å². The molecule has 2 aromatic carbocycles. The summed E-state index contributed by atoms with van der Waals surface area (Å²) >= 11 is 6.67. The standard InChI is InChI=1S/C19H17NO4S2/c1-22-14-9-5-4-8-13(14)20-18(21)16(26-19(20)25)11-12-7-6-10-15(23-2)17(12)24-3/h4-11H,1-3H3. The molecule has 1 aliphatic heterocycles. The fourth-order valence-electron chi connectivity index (χ4n) is 2.66. The highest BCUT2D eigenvalue weighted by atomic mass is 32.2. The number of anilines is 1. The molecule has 5 nitrogen and oxygen atoms in total. The van der Waals surface area contributed by atoms with Crippen molar-refractivity contribution in [3.8, 4) is 17.2 Å². The Morgan fingerprint density at radius 3 is 2.35 bits per heavy atom. The minimum atomic E-state index is -0.200. The Bertz CT molecular complexity index is 895. The molecular formula is C19H17NO4S2. The number of hydrogen-bond donors (Lipinski definition) is 0. The topological polar surface area (TPSA) is 48.0 Å². The number of amides is 1. The summed E-state index contributed by atoms with van der Waals surface area (Å²) in [6, 6.07) is 12.8. The molecule has 1 aliphatic rings. The lowest BCUT2D eigenvalue weighted by Gasteiger charge is -2.17. The molecule has 7 heteroatoms. The fourth-order valence-corrected chi connectivity index (χ4v) is 3.93. The number of rotatable bonds is 5. The number of thioether (sulfide) groups is 1. The molecule has 3 rings (SSSR count). The number of para-hydroxylation sites is 3. The lowest BCUT2D eigenvalue weighted by atomic mass is 10.1. The van der Waals surface area contributed by atoms with Gasteiger partial charge >= 0.3 is 0 Å². The molecule has 0 radical (unpaired) electrons. The molecule has 0 atom stereocenters. The van der Waals surface area contributed by atoms with Crippen molar-refractivity contribution in [2.45, 2.75) is 0 Å². The van der Waals surface area contributed by atoms with Gasteiger partial charge in [-0.2, -0.15) is 0 Å². The number of methoxy groups -OCH3 is 3. The van der Waals surface area contributed by atoms with E-state index < -0.39 is 0 Å². The van der Waals surface area contributed by atoms with Crippen molar-refractivity contribution < 1.29 is 19.0 Å². The Morgan fingerprint density at radius 2 is 1.65 bits per heavy atom. The number of benzene rings is 2. The lowest BCUT2D eigenvalue weighted by molar-refractivity contribution is -0.113. The summed E-state index contributed by atoms with van der Waals surface area (Å²) in [6.07, 6.45) is 1.76. The molecule has 0 bridgehead atoms. The zero-order valence-corrected chi connectivity index (χ0v) is 16.1. The van der Waals surface area contributed by atoms with Gasteiger partial charge in [-0.1, -0.05) is 48.2 Å². The van der Waals surface area contributed by atoms with Crippen LogP contribution in [-0.4, -0.2) is 31.6 Å². The summed E-state index contributed by atoms with van der Waals surface area (Å²) < 4.78 is 16.5. The summed E-state index contributed by atoms with van der Waals surface area (Å²) in [7, 11) is 4.70. The quantitative estimate of drug-likeness (QED) is 0.568. The summed E-state index contributed by atoms with van der Waals surface area (Å²) in [5, 5.41) is 0. The first-order valence-electron chi connectivity index (χ1n) is 7.72. The number of carbonyl (C=O) groups excluding carboxylic acids is 1. The van der Waals surface area contributed by atoms with Crippen LogP contribution in [0, 0.1) is 0 Å². The third kappa shape index (κ3) is 3.27. The van der Waals surface area contributed by atoms with Gasteiger partial charge in [0.05, 0.1) is 31.9 Å². The van der Waals surface area contributed by atoms with E-state index in [9.17, 15) is 4.79 Å². The van der Waals surface area contributed by atoms with Gasteiger partial charge in [0.15, 0.2) is 15.8 Å². The third-order valence-electron chi connectivity index (χ3n) is 3.84. The maximum Gasteiger partial charge on any atom is 0.270 e. The molecular weight excluding hydrogens is 370 g/mol. The second kappa shape index (κ2) is 7.80. The molecule has 26 heavy (non-hydrogen) atoms. The second-order valence-corrected chi connectivity index (χ2v) is 6.95. The first-order chi connectivity index (χ1) is 12.6. The largest absolute Gasteiger partial charge is 0.495 e. The fraction of sp³-hybridized carbons (Fsp3) is 0.158. The third-order valence-corrected chi connectivity index (χ3v) is 5.14. The van der Waals surface area contributed by atoms with Crippen LogP contribution in [0.25, 0.3) is 6.08 Å². The Balaban J connectivity index is 2.01. The van der Waals surface area contributed by atoms with Gasteiger partial charge in [-0.3, -0.25) is 9.69 Å². The average Bonchev–Trinajstić information content (AvgIpc) is 2.94. The molecule has 0 spiro atoms. The van der Waals surface area contributed by atoms with Crippen LogP contribution in [0.2, 0.25) is 0 Å². The molecule has 1 fully saturated rings. The van der Waals surface area contributed by atoms with Gasteiger partial charge in [0, 0.05) is 5.56 Å². The molecule has 134 valence electrons. The van der Waals surface area contributed by atoms with Gasteiger partial charge in [-0.25, -0.2) is 0 Å². The van der Waals surface area contributed by atoms with Crippen LogP contribution in [0.15, 0.2) is 47.4 Å². The molecule has 0 saturated carbocycles. The van der Waals surface area contributed by atoms with E-state index in [1.807, 2.05) is 24.3 Å². The van der Waals surface area contributed by atoms with Crippen LogP contribution < -0.4 is 19.1 Å². The first-order valence-corrected chi connectivity index (χ1v) is 8.95. The Hall–Kier alpha value is -2.51. The maximum atomic E-state index is 13.0. The first kappa shape index (κ1) is 18.3. The van der Waals surface area contributed by atoms with E-state index in [0.29, 0.717) is 32.2 Å². The van der Waals surface area contributed by atoms with Gasteiger partial charge in [0.25, 0.3) is 5.91 Å². The maximum absolute atomic E-state index is 13.0. The van der Waals surface area contributed by atoms with Crippen molar-refractivity contribution in [3.05, 3.63) is 52.9 Å². The van der Waals surface area contributed by atoms with E-state index in [2.05, 4.69) is 0 Å². The van der Waals surface area contributed by atoms with E-state index in [-0.39, 0.29) is 5.91 Å². The van der Waals surface area contributed by atoms with Crippen LogP contribution in [-0.2, 0) is 4.79 Å². The van der Waals surface area contributed by atoms with E-state index in [4.69, 9.17) is 26.4 Å². The van der Waals surface area contributed by atoms with Gasteiger partial charge in [0.2, 0.25) is 0 Å². The van der Waals surface area contributed by atoms with E-state index in [1.54, 1.807) is 45.6 Å². The summed E-state index contributed by atoms with van der Waals surface area (Å²) in [6.45, 7) is 0. The van der Waals surface area contributed by atoms with Crippen molar-refractivity contribution in [2.24, 2.45) is 0 Å². The normalized spacial score (nSPS) is 15.5. The van der Waals surface area contributed by atoms with Crippen molar-refractivity contribution >= 4 is 46.0 Å². The van der Waals surface area contributed by atoms with Crippen LogP contribution >= 0.6 is 24.0 Å². The van der Waals surface area contributed by atoms with Gasteiger partial charge in [-0.05, 0) is 24.3 Å². The van der Waals surface area contributed by atoms with Crippen LogP contribution in [0.3, 0.4) is 0 Å². The Kier molecular flexibility index (Phi) is 5.49. The zero-order valence-electron chi connectivity index (χ0n) is 14.5. The van der Waals surface area contributed by atoms with E-state index >= 15 is 0 Å². The molecule has 1 saturated heterocycles. The van der Waals surface area contributed by atoms with Crippen molar-refractivity contribution in [1.82, 2.24) is 0 Å². The molecule has 1 amide bonds. The molecule has 0 N–H and O–H groups in total. The number of hydrogen-bond acceptors (Lipinski definition) is 6. The summed E-state index contributed by atoms with van der Waals surface area (Å²) in [5.41, 5.74) is 1.37. The smallest absolute Gasteiger partial charge is 0.270 e. The van der Waals surface area contributed by atoms with Gasteiger partial charge in [-0.15, -0.1) is 0 Å². The van der Waals surface area contributed by atoms with E-state index in [1.165, 1.54) is 16.7 Å². The highest BCUT2D eigenvalue weighted by Gasteiger charge is 2.35. The van der Waals surface area contributed by atoms with Crippen LogP contribution in [0.1, 0.15) is 5.56 Å². The minimum absolute atomic E-state index is 0.200. The van der Waals surface area contributed by atoms with Crippen molar-refractivity contribution in [2.75, 3.05) is 26.2 Å². The number of nitrogens with zero attached hydrogens (tertiary/aromatic N) is 1. The van der Waals surface area contributed by atoms with Gasteiger partial charge in [0.1, 0.15) is 5.75 Å². The molecule has 0 unspecified atom stereocenters. The minimum Gasteiger partial charge on any atom is -0.495 e. The highest BCUT2D eigenvalue weighted by molar-refractivity contribution is 8.27. The molecule has 2 aromatic rings. The number of thiocarbonyl (C=S) groups is 1. The van der Waals surface area contributed by atoms with E-state index in [0.717, 1.165) is 5.56 Å². The van der Waals surface area contributed by atoms with Crippen LogP contribution in [0.4, 0.5) is 5.69 Å². The molecule has 1 heterocycles. The summed E-state index contributed by atoms with van der Waals surface area (Å²) in [5.74, 6) is 1.55. The van der Waals surface area contributed by atoms with Crippen molar-refractivity contribution in [1.29, 1.82) is 0 Å².